The minimum atomic E-state index is -0.446. The zero-order valence-corrected chi connectivity index (χ0v) is 17.0. The second-order valence-electron chi connectivity index (χ2n) is 5.98. The molecule has 0 saturated heterocycles. The molecule has 2 amide bonds. The Kier molecular flexibility index (Phi) is 6.29. The van der Waals surface area contributed by atoms with Crippen LogP contribution < -0.4 is 5.32 Å². The van der Waals surface area contributed by atoms with E-state index in [0.717, 1.165) is 0 Å². The van der Waals surface area contributed by atoms with E-state index in [-0.39, 0.29) is 18.2 Å². The van der Waals surface area contributed by atoms with Crippen LogP contribution in [-0.2, 0) is 4.79 Å². The third-order valence-corrected chi connectivity index (χ3v) is 4.78. The van der Waals surface area contributed by atoms with Crippen molar-refractivity contribution in [3.8, 4) is 11.3 Å². The number of likely N-dealkylation sites (N-methyl/N-ethyl adjacent to an activating group) is 1. The number of hydrogen-bond acceptors (Lipinski definition) is 3. The number of carbonyl (C=O) groups is 2. The number of nitrogens with one attached hydrogen (secondary N) is 1. The summed E-state index contributed by atoms with van der Waals surface area (Å²) in [6, 6.07) is 15.0. The number of furan rings is 1. The molecule has 0 fully saturated rings. The van der Waals surface area contributed by atoms with Gasteiger partial charge in [-0.3, -0.25) is 9.59 Å². The number of amides is 2. The van der Waals surface area contributed by atoms with Crippen molar-refractivity contribution < 1.29 is 14.0 Å². The SMILES string of the molecule is CN(CC(=O)Nc1ccccc1Cl)C(=O)c1ccc(-c2cc(Cl)ccc2Cl)o1. The van der Waals surface area contributed by atoms with Gasteiger partial charge in [0.2, 0.25) is 5.91 Å². The van der Waals surface area contributed by atoms with E-state index in [9.17, 15) is 9.59 Å². The highest BCUT2D eigenvalue weighted by Gasteiger charge is 2.20. The van der Waals surface area contributed by atoms with Crippen molar-refractivity contribution in [3.63, 3.8) is 0 Å². The van der Waals surface area contributed by atoms with Gasteiger partial charge in [-0.15, -0.1) is 0 Å². The molecule has 0 aliphatic rings. The summed E-state index contributed by atoms with van der Waals surface area (Å²) >= 11 is 18.2. The van der Waals surface area contributed by atoms with E-state index in [1.54, 1.807) is 48.5 Å². The first-order valence-corrected chi connectivity index (χ1v) is 9.33. The smallest absolute Gasteiger partial charge is 0.289 e. The maximum Gasteiger partial charge on any atom is 0.289 e. The molecule has 0 atom stereocenters. The summed E-state index contributed by atoms with van der Waals surface area (Å²) in [4.78, 5) is 26.0. The van der Waals surface area contributed by atoms with Gasteiger partial charge in [-0.05, 0) is 42.5 Å². The second-order valence-corrected chi connectivity index (χ2v) is 7.23. The molecule has 3 rings (SSSR count). The fraction of sp³-hybridized carbons (Fsp3) is 0.100. The van der Waals surface area contributed by atoms with E-state index in [1.165, 1.54) is 18.0 Å². The topological polar surface area (TPSA) is 62.6 Å². The van der Waals surface area contributed by atoms with Crippen LogP contribution in [0.1, 0.15) is 10.6 Å². The molecule has 8 heteroatoms. The van der Waals surface area contributed by atoms with Crippen LogP contribution in [-0.4, -0.2) is 30.3 Å². The fourth-order valence-electron chi connectivity index (χ4n) is 2.51. The summed E-state index contributed by atoms with van der Waals surface area (Å²) in [5.74, 6) is -0.337. The average molecular weight is 438 g/mol. The highest BCUT2D eigenvalue weighted by atomic mass is 35.5. The Morgan fingerprint density at radius 1 is 1.00 bits per heavy atom. The molecule has 1 aromatic heterocycles. The lowest BCUT2D eigenvalue weighted by molar-refractivity contribution is -0.116. The molecule has 1 N–H and O–H groups in total. The van der Waals surface area contributed by atoms with Crippen molar-refractivity contribution in [2.24, 2.45) is 0 Å². The predicted molar refractivity (Wildman–Crippen MR) is 111 cm³/mol. The number of rotatable bonds is 5. The van der Waals surface area contributed by atoms with E-state index in [2.05, 4.69) is 5.32 Å². The van der Waals surface area contributed by atoms with Gasteiger partial charge >= 0.3 is 0 Å². The molecule has 0 radical (unpaired) electrons. The van der Waals surface area contributed by atoms with Gasteiger partial charge in [-0.25, -0.2) is 0 Å². The Bertz CT molecular complexity index is 1030. The van der Waals surface area contributed by atoms with Crippen LogP contribution in [0.5, 0.6) is 0 Å². The Hall–Kier alpha value is -2.47. The van der Waals surface area contributed by atoms with Gasteiger partial charge in [0.25, 0.3) is 5.91 Å². The molecule has 0 spiro atoms. The van der Waals surface area contributed by atoms with Crippen LogP contribution in [0.25, 0.3) is 11.3 Å². The highest BCUT2D eigenvalue weighted by molar-refractivity contribution is 6.35. The van der Waals surface area contributed by atoms with Crippen LogP contribution in [0.15, 0.2) is 59.0 Å². The standard InChI is InChI=1S/C20H15Cl3N2O3/c1-25(11-19(26)24-16-5-3-2-4-15(16)23)20(27)18-9-8-17(28-18)13-10-12(21)6-7-14(13)22/h2-10H,11H2,1H3,(H,24,26). The van der Waals surface area contributed by atoms with E-state index >= 15 is 0 Å². The zero-order valence-electron chi connectivity index (χ0n) is 14.7. The Morgan fingerprint density at radius 2 is 1.75 bits per heavy atom. The molecule has 1 heterocycles. The van der Waals surface area contributed by atoms with Gasteiger partial charge in [0.15, 0.2) is 5.76 Å². The summed E-state index contributed by atoms with van der Waals surface area (Å²) in [6.45, 7) is -0.169. The van der Waals surface area contributed by atoms with E-state index in [1.807, 2.05) is 0 Å². The maximum absolute atomic E-state index is 12.6. The predicted octanol–water partition coefficient (Wildman–Crippen LogP) is 5.62. The Labute approximate surface area is 176 Å². The molecule has 0 aliphatic carbocycles. The van der Waals surface area contributed by atoms with Crippen LogP contribution in [0, 0.1) is 0 Å². The molecule has 3 aromatic rings. The molecule has 0 aliphatic heterocycles. The van der Waals surface area contributed by atoms with Crippen molar-refractivity contribution in [3.05, 3.63) is 75.4 Å². The van der Waals surface area contributed by atoms with Crippen LogP contribution >= 0.6 is 34.8 Å². The number of para-hydroxylation sites is 1. The Balaban J connectivity index is 1.68. The summed E-state index contributed by atoms with van der Waals surface area (Å²) in [5.41, 5.74) is 1.05. The summed E-state index contributed by atoms with van der Waals surface area (Å²) < 4.78 is 5.62. The molecule has 5 nitrogen and oxygen atoms in total. The minimum Gasteiger partial charge on any atom is -0.451 e. The van der Waals surface area contributed by atoms with Crippen molar-refractivity contribution in [2.45, 2.75) is 0 Å². The van der Waals surface area contributed by atoms with Crippen LogP contribution in [0.2, 0.25) is 15.1 Å². The average Bonchev–Trinajstić information content (AvgIpc) is 3.14. The molecular weight excluding hydrogens is 423 g/mol. The fourth-order valence-corrected chi connectivity index (χ4v) is 3.08. The van der Waals surface area contributed by atoms with Gasteiger partial charge in [-0.1, -0.05) is 46.9 Å². The van der Waals surface area contributed by atoms with Crippen LogP contribution in [0.4, 0.5) is 5.69 Å². The van der Waals surface area contributed by atoms with Gasteiger partial charge in [-0.2, -0.15) is 0 Å². The quantitative estimate of drug-likeness (QED) is 0.563. The second kappa shape index (κ2) is 8.69. The largest absolute Gasteiger partial charge is 0.451 e. The summed E-state index contributed by atoms with van der Waals surface area (Å²) in [7, 11) is 1.50. The van der Waals surface area contributed by atoms with Crippen molar-refractivity contribution in [1.82, 2.24) is 4.90 Å². The van der Waals surface area contributed by atoms with E-state index in [0.29, 0.717) is 32.1 Å². The third kappa shape index (κ3) is 4.68. The van der Waals surface area contributed by atoms with E-state index in [4.69, 9.17) is 39.2 Å². The van der Waals surface area contributed by atoms with E-state index < -0.39 is 5.91 Å². The van der Waals surface area contributed by atoms with Gasteiger partial charge in [0, 0.05) is 17.6 Å². The van der Waals surface area contributed by atoms with Gasteiger partial charge < -0.3 is 14.6 Å². The van der Waals surface area contributed by atoms with Gasteiger partial charge in [0.1, 0.15) is 5.76 Å². The molecule has 144 valence electrons. The lowest BCUT2D eigenvalue weighted by Crippen LogP contribution is -2.34. The van der Waals surface area contributed by atoms with Gasteiger partial charge in [0.05, 0.1) is 22.3 Å². The number of carbonyl (C=O) groups excluding carboxylic acids is 2. The Morgan fingerprint density at radius 3 is 2.50 bits per heavy atom. The summed E-state index contributed by atoms with van der Waals surface area (Å²) in [6.07, 6.45) is 0. The first-order chi connectivity index (χ1) is 13.3. The van der Waals surface area contributed by atoms with Crippen molar-refractivity contribution in [1.29, 1.82) is 0 Å². The first kappa shape index (κ1) is 20.3. The molecule has 0 unspecified atom stereocenters. The molecular formula is C20H15Cl3N2O3. The van der Waals surface area contributed by atoms with Crippen LogP contribution in [0.3, 0.4) is 0 Å². The molecule has 2 aromatic carbocycles. The number of nitrogens with zero attached hydrogens (tertiary/aromatic N) is 1. The molecule has 28 heavy (non-hydrogen) atoms. The number of halogens is 3. The number of anilines is 1. The monoisotopic (exact) mass is 436 g/mol. The highest BCUT2D eigenvalue weighted by Crippen LogP contribution is 2.32. The minimum absolute atomic E-state index is 0.0825. The normalized spacial score (nSPS) is 10.6. The zero-order chi connectivity index (χ0) is 20.3. The lowest BCUT2D eigenvalue weighted by Gasteiger charge is -2.15. The molecule has 0 bridgehead atoms. The number of benzene rings is 2. The van der Waals surface area contributed by atoms with Crippen molar-refractivity contribution >= 4 is 52.3 Å². The van der Waals surface area contributed by atoms with Crippen molar-refractivity contribution in [2.75, 3.05) is 18.9 Å². The first-order valence-electron chi connectivity index (χ1n) is 8.20. The summed E-state index contributed by atoms with van der Waals surface area (Å²) in [5, 5.41) is 4.03. The number of hydrogen-bond donors (Lipinski definition) is 1. The maximum atomic E-state index is 12.6. The molecule has 0 saturated carbocycles. The lowest BCUT2D eigenvalue weighted by atomic mass is 10.2. The third-order valence-electron chi connectivity index (χ3n) is 3.89.